The highest BCUT2D eigenvalue weighted by molar-refractivity contribution is 6.50. The molecular weight excluding hydrogens is 386 g/mol. The second-order valence-corrected chi connectivity index (χ2v) is 8.98. The van der Waals surface area contributed by atoms with Crippen molar-refractivity contribution in [2.75, 3.05) is 18.5 Å². The van der Waals surface area contributed by atoms with Crippen molar-refractivity contribution in [2.45, 2.75) is 41.5 Å². The fourth-order valence-electron chi connectivity index (χ4n) is 3.50. The van der Waals surface area contributed by atoms with Gasteiger partial charge in [-0.15, -0.1) is 10.2 Å². The van der Waals surface area contributed by atoms with Crippen molar-refractivity contribution < 1.29 is 0 Å². The maximum Gasteiger partial charge on any atom is 0.205 e. The zero-order chi connectivity index (χ0) is 22.3. The van der Waals surface area contributed by atoms with Gasteiger partial charge in [-0.1, -0.05) is 44.5 Å². The van der Waals surface area contributed by atoms with Gasteiger partial charge >= 0.3 is 0 Å². The topological polar surface area (TPSA) is 71.6 Å². The van der Waals surface area contributed by atoms with E-state index in [4.69, 9.17) is 15.1 Å². The van der Waals surface area contributed by atoms with Crippen LogP contribution in [0.1, 0.15) is 44.8 Å². The number of nitrogens with zero attached hydrogens (tertiary/aromatic N) is 7. The Hall–Kier alpha value is -3.35. The molecule has 1 aliphatic rings. The summed E-state index contributed by atoms with van der Waals surface area (Å²) >= 11 is 0. The average molecular weight is 416 g/mol. The Balaban J connectivity index is 1.83. The lowest BCUT2D eigenvalue weighted by molar-refractivity contribution is 0.594. The van der Waals surface area contributed by atoms with Crippen molar-refractivity contribution in [1.29, 1.82) is 0 Å². The minimum Gasteiger partial charge on any atom is -0.360 e. The number of aliphatic imine (C=N–C) groups is 1. The minimum atomic E-state index is -0.201. The molecule has 3 aromatic rings. The summed E-state index contributed by atoms with van der Waals surface area (Å²) in [6.07, 6.45) is 0. The number of benzene rings is 1. The lowest BCUT2D eigenvalue weighted by Gasteiger charge is -2.19. The number of rotatable bonds is 4. The molecule has 31 heavy (non-hydrogen) atoms. The molecule has 0 atom stereocenters. The maximum absolute atomic E-state index is 4.98. The van der Waals surface area contributed by atoms with Gasteiger partial charge in [0.2, 0.25) is 5.82 Å². The summed E-state index contributed by atoms with van der Waals surface area (Å²) in [6.45, 7) is 13.5. The van der Waals surface area contributed by atoms with E-state index in [0.717, 1.165) is 46.6 Å². The molecule has 0 spiro atoms. The zero-order valence-corrected chi connectivity index (χ0v) is 19.3. The monoisotopic (exact) mass is 415 g/mol. The summed E-state index contributed by atoms with van der Waals surface area (Å²) in [4.78, 5) is 11.8. The second-order valence-electron chi connectivity index (χ2n) is 8.98. The van der Waals surface area contributed by atoms with Gasteiger partial charge in [0.15, 0.2) is 5.82 Å². The van der Waals surface area contributed by atoms with Crippen molar-refractivity contribution in [2.24, 2.45) is 15.5 Å². The van der Waals surface area contributed by atoms with Crippen molar-refractivity contribution in [3.63, 3.8) is 0 Å². The third-order valence-electron chi connectivity index (χ3n) is 5.40. The Labute approximate surface area is 183 Å². The first-order valence-corrected chi connectivity index (χ1v) is 10.6. The SMILES string of the molecule is CCN(C)c1ccc(N=C2C(C(C)(C)C)=Nn3c2nnc3-c2cccc(C)c2)c(C)n1. The molecule has 7 nitrogen and oxygen atoms in total. The van der Waals surface area contributed by atoms with E-state index in [2.05, 4.69) is 61.8 Å². The summed E-state index contributed by atoms with van der Waals surface area (Å²) in [5.74, 6) is 2.32. The molecule has 1 aromatic carbocycles. The van der Waals surface area contributed by atoms with Crippen LogP contribution in [-0.4, -0.2) is 44.9 Å². The molecule has 0 radical (unpaired) electrons. The van der Waals surface area contributed by atoms with Gasteiger partial charge in [-0.2, -0.15) is 9.78 Å². The van der Waals surface area contributed by atoms with E-state index >= 15 is 0 Å². The molecule has 0 aliphatic carbocycles. The van der Waals surface area contributed by atoms with Crippen LogP contribution in [0.2, 0.25) is 0 Å². The maximum atomic E-state index is 4.98. The zero-order valence-electron chi connectivity index (χ0n) is 19.3. The van der Waals surface area contributed by atoms with Crippen molar-refractivity contribution in [3.05, 3.63) is 53.5 Å². The summed E-state index contributed by atoms with van der Waals surface area (Å²) in [6, 6.07) is 12.2. The predicted molar refractivity (Wildman–Crippen MR) is 127 cm³/mol. The lowest BCUT2D eigenvalue weighted by atomic mass is 9.87. The van der Waals surface area contributed by atoms with Gasteiger partial charge < -0.3 is 4.90 Å². The molecule has 3 heterocycles. The highest BCUT2D eigenvalue weighted by Crippen LogP contribution is 2.31. The number of hydrogen-bond acceptors (Lipinski definition) is 6. The van der Waals surface area contributed by atoms with Crippen LogP contribution in [0, 0.1) is 19.3 Å². The third-order valence-corrected chi connectivity index (χ3v) is 5.40. The molecule has 0 bridgehead atoms. The van der Waals surface area contributed by atoms with Crippen LogP contribution in [0.5, 0.6) is 0 Å². The Morgan fingerprint density at radius 2 is 1.77 bits per heavy atom. The predicted octanol–water partition coefficient (Wildman–Crippen LogP) is 4.80. The van der Waals surface area contributed by atoms with Gasteiger partial charge in [0.05, 0.1) is 17.1 Å². The van der Waals surface area contributed by atoms with Crippen LogP contribution in [0.3, 0.4) is 0 Å². The fourth-order valence-corrected chi connectivity index (χ4v) is 3.50. The molecule has 0 amide bonds. The molecule has 0 N–H and O–H groups in total. The lowest BCUT2D eigenvalue weighted by Crippen LogP contribution is -2.27. The van der Waals surface area contributed by atoms with Crippen LogP contribution >= 0.6 is 0 Å². The summed E-state index contributed by atoms with van der Waals surface area (Å²) in [5.41, 5.74) is 5.28. The largest absolute Gasteiger partial charge is 0.360 e. The van der Waals surface area contributed by atoms with Gasteiger partial charge in [0.1, 0.15) is 11.5 Å². The molecule has 0 saturated heterocycles. The number of anilines is 1. The minimum absolute atomic E-state index is 0.201. The van der Waals surface area contributed by atoms with Crippen molar-refractivity contribution >= 4 is 22.9 Å². The molecule has 0 fully saturated rings. The quantitative estimate of drug-likeness (QED) is 0.614. The Bertz CT molecular complexity index is 1190. The first-order valence-electron chi connectivity index (χ1n) is 10.6. The molecule has 4 rings (SSSR count). The van der Waals surface area contributed by atoms with E-state index < -0.39 is 0 Å². The summed E-state index contributed by atoms with van der Waals surface area (Å²) < 4.78 is 1.82. The molecule has 2 aromatic heterocycles. The van der Waals surface area contributed by atoms with Crippen molar-refractivity contribution in [1.82, 2.24) is 19.9 Å². The molecule has 160 valence electrons. The number of pyridine rings is 1. The van der Waals surface area contributed by atoms with E-state index in [0.29, 0.717) is 5.82 Å². The van der Waals surface area contributed by atoms with Crippen LogP contribution in [0.4, 0.5) is 11.5 Å². The highest BCUT2D eigenvalue weighted by atomic mass is 15.5. The summed E-state index contributed by atoms with van der Waals surface area (Å²) in [5, 5.41) is 13.8. The van der Waals surface area contributed by atoms with Gasteiger partial charge in [0, 0.05) is 24.6 Å². The molecule has 1 aliphatic heterocycles. The third kappa shape index (κ3) is 3.87. The van der Waals surface area contributed by atoms with Gasteiger partial charge in [0.25, 0.3) is 0 Å². The first-order chi connectivity index (χ1) is 14.7. The second kappa shape index (κ2) is 7.72. The van der Waals surface area contributed by atoms with E-state index in [1.54, 1.807) is 0 Å². The van der Waals surface area contributed by atoms with E-state index in [-0.39, 0.29) is 5.41 Å². The van der Waals surface area contributed by atoms with Gasteiger partial charge in [-0.25, -0.2) is 9.98 Å². The van der Waals surface area contributed by atoms with Crippen LogP contribution in [-0.2, 0) is 0 Å². The number of hydrogen-bond donors (Lipinski definition) is 0. The van der Waals surface area contributed by atoms with Gasteiger partial charge in [-0.3, -0.25) is 0 Å². The van der Waals surface area contributed by atoms with E-state index in [1.807, 2.05) is 42.9 Å². The molecule has 0 unspecified atom stereocenters. The molecule has 7 heteroatoms. The number of aromatic nitrogens is 4. The Morgan fingerprint density at radius 3 is 2.42 bits per heavy atom. The van der Waals surface area contributed by atoms with Crippen LogP contribution in [0.15, 0.2) is 46.5 Å². The number of fused-ring (bicyclic) bond motifs is 1. The van der Waals surface area contributed by atoms with E-state index in [1.165, 1.54) is 5.56 Å². The Morgan fingerprint density at radius 1 is 1.03 bits per heavy atom. The number of aryl methyl sites for hydroxylation is 2. The molecule has 0 saturated carbocycles. The molecular formula is C24H29N7. The smallest absolute Gasteiger partial charge is 0.205 e. The van der Waals surface area contributed by atoms with Crippen molar-refractivity contribution in [3.8, 4) is 11.4 Å². The van der Waals surface area contributed by atoms with Crippen LogP contribution < -0.4 is 4.90 Å². The fraction of sp³-hybridized carbons (Fsp3) is 0.375. The Kier molecular flexibility index (Phi) is 5.21. The van der Waals surface area contributed by atoms with E-state index in [9.17, 15) is 0 Å². The first kappa shape index (κ1) is 20.9. The van der Waals surface area contributed by atoms with Crippen LogP contribution in [0.25, 0.3) is 11.4 Å². The average Bonchev–Trinajstić information content (AvgIpc) is 3.28. The standard InChI is InChI=1S/C24H29N7/c1-8-30(7)19-13-12-18(16(3)25-19)26-20-21(24(4,5)6)29-31-22(27-28-23(20)31)17-11-9-10-15(2)14-17/h9-14H,8H2,1-7H3. The normalized spacial score (nSPS) is 14.7. The summed E-state index contributed by atoms with van der Waals surface area (Å²) in [7, 11) is 2.03. The highest BCUT2D eigenvalue weighted by Gasteiger charge is 2.35. The van der Waals surface area contributed by atoms with Gasteiger partial charge in [-0.05, 0) is 39.0 Å².